The van der Waals surface area contributed by atoms with Crippen LogP contribution in [-0.4, -0.2) is 6.61 Å². The Labute approximate surface area is 126 Å². The van der Waals surface area contributed by atoms with E-state index in [1.54, 1.807) is 0 Å². The summed E-state index contributed by atoms with van der Waals surface area (Å²) in [5, 5.41) is 3.43. The number of nitrogens with two attached hydrogens (primary N) is 1. The zero-order valence-corrected chi connectivity index (χ0v) is 13.2. The van der Waals surface area contributed by atoms with Crippen molar-refractivity contribution in [2.45, 2.75) is 40.2 Å². The fraction of sp³-hybridized carbons (Fsp3) is 0.412. The van der Waals surface area contributed by atoms with Gasteiger partial charge in [-0.05, 0) is 45.4 Å². The van der Waals surface area contributed by atoms with Gasteiger partial charge in [0.1, 0.15) is 17.3 Å². The van der Waals surface area contributed by atoms with Crippen LogP contribution in [0, 0.1) is 13.8 Å². The largest absolute Gasteiger partial charge is 0.491 e. The van der Waals surface area contributed by atoms with Crippen molar-refractivity contribution in [3.63, 3.8) is 0 Å². The van der Waals surface area contributed by atoms with Gasteiger partial charge in [0, 0.05) is 5.56 Å². The van der Waals surface area contributed by atoms with E-state index in [9.17, 15) is 0 Å². The van der Waals surface area contributed by atoms with Crippen molar-refractivity contribution in [2.75, 3.05) is 17.7 Å². The molecule has 1 unspecified atom stereocenters. The first-order chi connectivity index (χ1) is 10.0. The first kappa shape index (κ1) is 15.3. The van der Waals surface area contributed by atoms with Crippen molar-refractivity contribution in [3.05, 3.63) is 41.3 Å². The third-order valence-electron chi connectivity index (χ3n) is 3.45. The number of nitrogens with one attached hydrogen (secondary N) is 1. The van der Waals surface area contributed by atoms with Gasteiger partial charge in [0.2, 0.25) is 0 Å². The lowest BCUT2D eigenvalue weighted by Gasteiger charge is -2.18. The van der Waals surface area contributed by atoms with E-state index in [0.29, 0.717) is 12.3 Å². The predicted molar refractivity (Wildman–Crippen MR) is 86.9 cm³/mol. The molecule has 0 amide bonds. The van der Waals surface area contributed by atoms with Gasteiger partial charge in [-0.3, -0.25) is 0 Å². The number of benzene rings is 1. The number of hydrogen-bond donors (Lipinski definition) is 2. The molecule has 1 atom stereocenters. The summed E-state index contributed by atoms with van der Waals surface area (Å²) in [6, 6.07) is 7.98. The quantitative estimate of drug-likeness (QED) is 0.771. The highest BCUT2D eigenvalue weighted by Gasteiger charge is 2.14. The molecule has 21 heavy (non-hydrogen) atoms. The number of furan rings is 1. The van der Waals surface area contributed by atoms with Gasteiger partial charge in [-0.15, -0.1) is 0 Å². The summed E-state index contributed by atoms with van der Waals surface area (Å²) in [5.41, 5.74) is 8.86. The molecular formula is C17H24N2O2. The molecule has 0 bridgehead atoms. The van der Waals surface area contributed by atoms with E-state index in [-0.39, 0.29) is 6.04 Å². The van der Waals surface area contributed by atoms with Crippen LogP contribution in [0.2, 0.25) is 0 Å². The first-order valence-electron chi connectivity index (χ1n) is 7.37. The second-order valence-corrected chi connectivity index (χ2v) is 5.30. The van der Waals surface area contributed by atoms with E-state index in [1.165, 1.54) is 0 Å². The molecule has 0 aliphatic carbocycles. The Morgan fingerprint density at radius 3 is 2.71 bits per heavy atom. The number of nitrogen functional groups attached to an aromatic ring is 1. The summed E-state index contributed by atoms with van der Waals surface area (Å²) in [6.45, 7) is 8.77. The molecule has 0 aliphatic heterocycles. The zero-order chi connectivity index (χ0) is 15.4. The van der Waals surface area contributed by atoms with Gasteiger partial charge >= 0.3 is 0 Å². The van der Waals surface area contributed by atoms with Gasteiger partial charge in [0.05, 0.1) is 24.0 Å². The van der Waals surface area contributed by atoms with Crippen LogP contribution in [0.1, 0.15) is 43.4 Å². The van der Waals surface area contributed by atoms with E-state index >= 15 is 0 Å². The predicted octanol–water partition coefficient (Wildman–Crippen LogP) is 4.44. The molecule has 2 rings (SSSR count). The summed E-state index contributed by atoms with van der Waals surface area (Å²) in [4.78, 5) is 0. The highest BCUT2D eigenvalue weighted by Crippen LogP contribution is 2.33. The molecule has 4 heteroatoms. The summed E-state index contributed by atoms with van der Waals surface area (Å²) >= 11 is 0. The molecule has 0 spiro atoms. The normalized spacial score (nSPS) is 12.2. The van der Waals surface area contributed by atoms with Gasteiger partial charge in [-0.2, -0.15) is 0 Å². The molecule has 1 aromatic carbocycles. The van der Waals surface area contributed by atoms with Crippen molar-refractivity contribution in [3.8, 4) is 5.75 Å². The summed E-state index contributed by atoms with van der Waals surface area (Å²) in [7, 11) is 0. The Morgan fingerprint density at radius 1 is 1.33 bits per heavy atom. The minimum absolute atomic E-state index is 0.117. The Bertz CT molecular complexity index is 605. The van der Waals surface area contributed by atoms with Crippen LogP contribution < -0.4 is 15.8 Å². The molecule has 0 radical (unpaired) electrons. The summed E-state index contributed by atoms with van der Waals surface area (Å²) in [6.07, 6.45) is 0.959. The van der Waals surface area contributed by atoms with E-state index < -0.39 is 0 Å². The topological polar surface area (TPSA) is 60.4 Å². The van der Waals surface area contributed by atoms with E-state index in [2.05, 4.69) is 25.2 Å². The van der Waals surface area contributed by atoms with Crippen LogP contribution in [0.25, 0.3) is 0 Å². The molecule has 0 saturated heterocycles. The zero-order valence-electron chi connectivity index (χ0n) is 13.2. The molecule has 1 heterocycles. The van der Waals surface area contributed by atoms with Gasteiger partial charge in [-0.1, -0.05) is 13.0 Å². The maximum Gasteiger partial charge on any atom is 0.144 e. The molecule has 2 aromatic rings. The van der Waals surface area contributed by atoms with Crippen molar-refractivity contribution < 1.29 is 9.15 Å². The highest BCUT2D eigenvalue weighted by molar-refractivity contribution is 5.73. The molecular weight excluding hydrogens is 264 g/mol. The van der Waals surface area contributed by atoms with E-state index in [0.717, 1.165) is 34.9 Å². The number of hydrogen-bond acceptors (Lipinski definition) is 4. The van der Waals surface area contributed by atoms with E-state index in [1.807, 2.05) is 32.0 Å². The standard InChI is InChI=1S/C17H24N2O2/c1-5-9-20-16-8-6-7-15(17(16)18)19-12(3)14-10-11(2)21-13(14)4/h6-8,10,12,19H,5,9,18H2,1-4H3. The van der Waals surface area contributed by atoms with Gasteiger partial charge < -0.3 is 20.2 Å². The lowest BCUT2D eigenvalue weighted by atomic mass is 10.1. The molecule has 0 saturated carbocycles. The first-order valence-corrected chi connectivity index (χ1v) is 7.37. The number of ether oxygens (including phenoxy) is 1. The number of para-hydroxylation sites is 1. The fourth-order valence-electron chi connectivity index (χ4n) is 2.40. The third kappa shape index (κ3) is 3.51. The van der Waals surface area contributed by atoms with Gasteiger partial charge in [0.15, 0.2) is 0 Å². The monoisotopic (exact) mass is 288 g/mol. The molecule has 114 valence electrons. The van der Waals surface area contributed by atoms with Crippen LogP contribution in [0.15, 0.2) is 28.7 Å². The summed E-state index contributed by atoms with van der Waals surface area (Å²) < 4.78 is 11.2. The number of anilines is 2. The maximum atomic E-state index is 6.18. The number of rotatable bonds is 6. The lowest BCUT2D eigenvalue weighted by molar-refractivity contribution is 0.319. The lowest BCUT2D eigenvalue weighted by Crippen LogP contribution is -2.09. The highest BCUT2D eigenvalue weighted by atomic mass is 16.5. The Balaban J connectivity index is 2.17. The second kappa shape index (κ2) is 6.57. The maximum absolute atomic E-state index is 6.18. The number of aryl methyl sites for hydroxylation is 2. The van der Waals surface area contributed by atoms with Crippen LogP contribution in [0.3, 0.4) is 0 Å². The molecule has 0 fully saturated rings. The molecule has 3 N–H and O–H groups in total. The van der Waals surface area contributed by atoms with Gasteiger partial charge in [-0.25, -0.2) is 0 Å². The SMILES string of the molecule is CCCOc1cccc(NC(C)c2cc(C)oc2C)c1N. The average Bonchev–Trinajstić information content (AvgIpc) is 2.79. The van der Waals surface area contributed by atoms with Crippen molar-refractivity contribution in [2.24, 2.45) is 0 Å². The minimum Gasteiger partial charge on any atom is -0.491 e. The van der Waals surface area contributed by atoms with Gasteiger partial charge in [0.25, 0.3) is 0 Å². The van der Waals surface area contributed by atoms with Crippen molar-refractivity contribution in [1.82, 2.24) is 0 Å². The summed E-state index contributed by atoms with van der Waals surface area (Å²) in [5.74, 6) is 2.59. The van der Waals surface area contributed by atoms with Crippen LogP contribution in [0.5, 0.6) is 5.75 Å². The molecule has 4 nitrogen and oxygen atoms in total. The van der Waals surface area contributed by atoms with E-state index in [4.69, 9.17) is 14.9 Å². The second-order valence-electron chi connectivity index (χ2n) is 5.30. The Morgan fingerprint density at radius 2 is 2.10 bits per heavy atom. The fourth-order valence-corrected chi connectivity index (χ4v) is 2.40. The Hall–Kier alpha value is -2.10. The smallest absolute Gasteiger partial charge is 0.144 e. The third-order valence-corrected chi connectivity index (χ3v) is 3.45. The van der Waals surface area contributed by atoms with Crippen LogP contribution in [-0.2, 0) is 0 Å². The molecule has 1 aromatic heterocycles. The Kier molecular flexibility index (Phi) is 4.78. The minimum atomic E-state index is 0.117. The molecule has 0 aliphatic rings. The van der Waals surface area contributed by atoms with Crippen molar-refractivity contribution in [1.29, 1.82) is 0 Å². The van der Waals surface area contributed by atoms with Crippen LogP contribution >= 0.6 is 0 Å². The van der Waals surface area contributed by atoms with Crippen LogP contribution in [0.4, 0.5) is 11.4 Å². The average molecular weight is 288 g/mol. The van der Waals surface area contributed by atoms with Crippen molar-refractivity contribution >= 4 is 11.4 Å².